The molecule has 0 atom stereocenters. The number of unbranched alkanes of at least 4 members (excludes halogenated alkanes) is 4. The molecule has 12 heavy (non-hydrogen) atoms. The van der Waals surface area contributed by atoms with Gasteiger partial charge in [-0.2, -0.15) is 0 Å². The summed E-state index contributed by atoms with van der Waals surface area (Å²) in [7, 11) is 0. The van der Waals surface area contributed by atoms with Crippen molar-refractivity contribution in [1.29, 1.82) is 0 Å². The predicted molar refractivity (Wildman–Crippen MR) is 52.4 cm³/mol. The molecule has 0 aromatic rings. The first-order valence-corrected chi connectivity index (χ1v) is 4.96. The summed E-state index contributed by atoms with van der Waals surface area (Å²) in [5, 5.41) is 3.71. The maximum atomic E-state index is 5.00. The van der Waals surface area contributed by atoms with Gasteiger partial charge in [-0.05, 0) is 19.3 Å². The third kappa shape index (κ3) is 9.47. The molecule has 0 aliphatic carbocycles. The molecule has 0 N–H and O–H groups in total. The first-order chi connectivity index (χ1) is 5.91. The number of nitrogens with zero attached hydrogens (tertiary/aromatic N) is 1. The predicted octanol–water partition coefficient (Wildman–Crippen LogP) is 3.25. The molecule has 2 heteroatoms. The molecule has 1 radical (unpaired) electrons. The van der Waals surface area contributed by atoms with Gasteiger partial charge in [0.2, 0.25) is 0 Å². The summed E-state index contributed by atoms with van der Waals surface area (Å²) < 4.78 is 0. The Bertz CT molecular complexity index is 102. The van der Waals surface area contributed by atoms with Crippen LogP contribution in [0.5, 0.6) is 0 Å². The van der Waals surface area contributed by atoms with Gasteiger partial charge in [-0.3, -0.25) is 0 Å². The van der Waals surface area contributed by atoms with Crippen molar-refractivity contribution in [3.63, 3.8) is 0 Å². The second-order valence-corrected chi connectivity index (χ2v) is 2.89. The van der Waals surface area contributed by atoms with Crippen molar-refractivity contribution in [2.45, 2.75) is 52.4 Å². The lowest BCUT2D eigenvalue weighted by Crippen LogP contribution is -1.88. The molecular formula is C10H20NO. The molecule has 0 amide bonds. The summed E-state index contributed by atoms with van der Waals surface area (Å²) in [5.74, 6) is 0. The SMILES string of the molecule is CCC/[C]=N\OCCCCCC. The summed E-state index contributed by atoms with van der Waals surface area (Å²) in [4.78, 5) is 5.00. The van der Waals surface area contributed by atoms with Gasteiger partial charge < -0.3 is 4.84 Å². The van der Waals surface area contributed by atoms with Gasteiger partial charge in [0.05, 0.1) is 0 Å². The van der Waals surface area contributed by atoms with Gasteiger partial charge in [0.1, 0.15) is 12.8 Å². The Morgan fingerprint density at radius 2 is 1.92 bits per heavy atom. The number of hydrogen-bond donors (Lipinski definition) is 0. The third-order valence-corrected chi connectivity index (χ3v) is 1.58. The van der Waals surface area contributed by atoms with Crippen LogP contribution in [0.4, 0.5) is 0 Å². The lowest BCUT2D eigenvalue weighted by molar-refractivity contribution is 0.140. The van der Waals surface area contributed by atoms with Crippen LogP contribution in [-0.2, 0) is 4.84 Å². The molecule has 0 rings (SSSR count). The molecule has 0 saturated heterocycles. The van der Waals surface area contributed by atoms with E-state index in [1.54, 1.807) is 0 Å². The van der Waals surface area contributed by atoms with Crippen LogP contribution in [0.25, 0.3) is 0 Å². The van der Waals surface area contributed by atoms with Crippen molar-refractivity contribution in [2.75, 3.05) is 6.61 Å². The van der Waals surface area contributed by atoms with Crippen LogP contribution in [0.2, 0.25) is 0 Å². The first-order valence-electron chi connectivity index (χ1n) is 4.96. The zero-order chi connectivity index (χ0) is 9.07. The lowest BCUT2D eigenvalue weighted by Gasteiger charge is -1.97. The van der Waals surface area contributed by atoms with E-state index < -0.39 is 0 Å². The van der Waals surface area contributed by atoms with Crippen molar-refractivity contribution < 1.29 is 4.84 Å². The van der Waals surface area contributed by atoms with Crippen LogP contribution in [-0.4, -0.2) is 12.8 Å². The van der Waals surface area contributed by atoms with Crippen LogP contribution in [0.3, 0.4) is 0 Å². The Morgan fingerprint density at radius 1 is 1.08 bits per heavy atom. The Labute approximate surface area is 76.0 Å². The molecular weight excluding hydrogens is 150 g/mol. The molecule has 0 aromatic heterocycles. The van der Waals surface area contributed by atoms with Crippen LogP contribution < -0.4 is 0 Å². The molecule has 0 saturated carbocycles. The zero-order valence-electron chi connectivity index (χ0n) is 8.31. The van der Waals surface area contributed by atoms with Gasteiger partial charge in [0, 0.05) is 0 Å². The third-order valence-electron chi connectivity index (χ3n) is 1.58. The topological polar surface area (TPSA) is 21.6 Å². The highest BCUT2D eigenvalue weighted by atomic mass is 16.6. The molecule has 0 unspecified atom stereocenters. The van der Waals surface area contributed by atoms with Crippen molar-refractivity contribution >= 4 is 6.21 Å². The van der Waals surface area contributed by atoms with Crippen LogP contribution in [0.1, 0.15) is 52.4 Å². The highest BCUT2D eigenvalue weighted by Crippen LogP contribution is 1.98. The average Bonchev–Trinajstić information content (AvgIpc) is 2.10. The summed E-state index contributed by atoms with van der Waals surface area (Å²) >= 11 is 0. The fraction of sp³-hybridized carbons (Fsp3) is 0.900. The van der Waals surface area contributed by atoms with Crippen molar-refractivity contribution in [3.8, 4) is 0 Å². The van der Waals surface area contributed by atoms with E-state index in [0.717, 1.165) is 25.9 Å². The molecule has 0 fully saturated rings. The number of hydrogen-bond acceptors (Lipinski definition) is 2. The summed E-state index contributed by atoms with van der Waals surface area (Å²) in [6.07, 6.45) is 9.74. The highest BCUT2D eigenvalue weighted by molar-refractivity contribution is 5.55. The van der Waals surface area contributed by atoms with Gasteiger partial charge in [0.25, 0.3) is 0 Å². The normalized spacial score (nSPS) is 10.8. The van der Waals surface area contributed by atoms with E-state index in [-0.39, 0.29) is 0 Å². The maximum Gasteiger partial charge on any atom is 0.117 e. The van der Waals surface area contributed by atoms with E-state index >= 15 is 0 Å². The average molecular weight is 170 g/mol. The maximum absolute atomic E-state index is 5.00. The monoisotopic (exact) mass is 170 g/mol. The van der Waals surface area contributed by atoms with Gasteiger partial charge in [-0.25, -0.2) is 0 Å². The molecule has 0 aliphatic heterocycles. The van der Waals surface area contributed by atoms with Crippen LogP contribution in [0, 0.1) is 0 Å². The second kappa shape index (κ2) is 10.5. The molecule has 71 valence electrons. The standard InChI is InChI=1S/C10H20NO/c1-3-5-7-8-10-12-11-9-6-4-2/h3-8,10H2,1-2H3. The Kier molecular flexibility index (Phi) is 10.0. The Balaban J connectivity index is 2.90. The molecule has 0 bridgehead atoms. The van der Waals surface area contributed by atoms with E-state index in [2.05, 4.69) is 25.2 Å². The minimum atomic E-state index is 0.747. The second-order valence-electron chi connectivity index (χ2n) is 2.89. The number of rotatable bonds is 8. The minimum absolute atomic E-state index is 0.747. The van der Waals surface area contributed by atoms with E-state index in [1.807, 2.05) is 0 Å². The van der Waals surface area contributed by atoms with E-state index in [0.29, 0.717) is 0 Å². The van der Waals surface area contributed by atoms with Crippen LogP contribution in [0.15, 0.2) is 5.16 Å². The van der Waals surface area contributed by atoms with Crippen LogP contribution >= 0.6 is 0 Å². The molecule has 2 nitrogen and oxygen atoms in total. The fourth-order valence-corrected chi connectivity index (χ4v) is 0.842. The Hall–Kier alpha value is -0.530. The molecule has 0 aromatic carbocycles. The lowest BCUT2D eigenvalue weighted by atomic mass is 10.2. The van der Waals surface area contributed by atoms with Gasteiger partial charge in [-0.15, -0.1) is 0 Å². The summed E-state index contributed by atoms with van der Waals surface area (Å²) in [6.45, 7) is 5.05. The van der Waals surface area contributed by atoms with E-state index in [1.165, 1.54) is 19.3 Å². The Morgan fingerprint density at radius 3 is 2.58 bits per heavy atom. The zero-order valence-corrected chi connectivity index (χ0v) is 8.31. The van der Waals surface area contributed by atoms with Gasteiger partial charge in [0.15, 0.2) is 0 Å². The van der Waals surface area contributed by atoms with Gasteiger partial charge in [-0.1, -0.05) is 38.3 Å². The molecule has 0 heterocycles. The minimum Gasteiger partial charge on any atom is -0.396 e. The van der Waals surface area contributed by atoms with E-state index in [4.69, 9.17) is 4.84 Å². The largest absolute Gasteiger partial charge is 0.396 e. The van der Waals surface area contributed by atoms with Crippen molar-refractivity contribution in [2.24, 2.45) is 5.16 Å². The smallest absolute Gasteiger partial charge is 0.117 e. The van der Waals surface area contributed by atoms with Crippen molar-refractivity contribution in [3.05, 3.63) is 0 Å². The van der Waals surface area contributed by atoms with Crippen molar-refractivity contribution in [1.82, 2.24) is 0 Å². The fourth-order valence-electron chi connectivity index (χ4n) is 0.842. The molecule has 0 spiro atoms. The highest BCUT2D eigenvalue weighted by Gasteiger charge is 1.86. The van der Waals surface area contributed by atoms with E-state index in [9.17, 15) is 0 Å². The first kappa shape index (κ1) is 11.5. The molecule has 0 aliphatic rings. The van der Waals surface area contributed by atoms with Gasteiger partial charge >= 0.3 is 0 Å². The quantitative estimate of drug-likeness (QED) is 0.311. The summed E-state index contributed by atoms with van der Waals surface area (Å²) in [6, 6.07) is 0. The summed E-state index contributed by atoms with van der Waals surface area (Å²) in [5.41, 5.74) is 0.